The Balaban J connectivity index is 1.68. The summed E-state index contributed by atoms with van der Waals surface area (Å²) in [5.41, 5.74) is 1.91. The van der Waals surface area contributed by atoms with E-state index in [1.165, 1.54) is 0 Å². The molecule has 0 bridgehead atoms. The summed E-state index contributed by atoms with van der Waals surface area (Å²) in [6.45, 7) is 2.08. The maximum Gasteiger partial charge on any atom is 0.138 e. The van der Waals surface area contributed by atoms with Gasteiger partial charge in [-0.3, -0.25) is 4.68 Å². The van der Waals surface area contributed by atoms with E-state index >= 15 is 0 Å². The van der Waals surface area contributed by atoms with E-state index in [0.717, 1.165) is 32.7 Å². The summed E-state index contributed by atoms with van der Waals surface area (Å²) >= 11 is 1.59. The molecular weight excluding hydrogens is 346 g/mol. The van der Waals surface area contributed by atoms with E-state index < -0.39 is 5.60 Å². The molecule has 0 saturated carbocycles. The van der Waals surface area contributed by atoms with Gasteiger partial charge < -0.3 is 10.4 Å². The highest BCUT2D eigenvalue weighted by atomic mass is 32.1. The zero-order valence-corrected chi connectivity index (χ0v) is 15.4. The predicted molar refractivity (Wildman–Crippen MR) is 104 cm³/mol. The van der Waals surface area contributed by atoms with Gasteiger partial charge in [0.1, 0.15) is 22.6 Å². The molecule has 0 amide bonds. The van der Waals surface area contributed by atoms with Crippen molar-refractivity contribution < 1.29 is 5.11 Å². The smallest absolute Gasteiger partial charge is 0.138 e. The average molecular weight is 365 g/mol. The molecule has 0 fully saturated rings. The quantitative estimate of drug-likeness (QED) is 0.567. The third kappa shape index (κ3) is 3.07. The van der Waals surface area contributed by atoms with Crippen molar-refractivity contribution in [3.8, 4) is 11.1 Å². The minimum atomic E-state index is -1.06. The summed E-state index contributed by atoms with van der Waals surface area (Å²) in [4.78, 5) is 9.72. The predicted octanol–water partition coefficient (Wildman–Crippen LogP) is 3.41. The van der Waals surface area contributed by atoms with Crippen LogP contribution in [0.5, 0.6) is 0 Å². The Bertz CT molecular complexity index is 1040. The highest BCUT2D eigenvalue weighted by molar-refractivity contribution is 7.17. The summed E-state index contributed by atoms with van der Waals surface area (Å²) in [5.74, 6) is 0.722. The van der Waals surface area contributed by atoms with E-state index in [1.807, 2.05) is 31.4 Å². The molecular formula is C19H19N5OS. The Morgan fingerprint density at radius 3 is 2.77 bits per heavy atom. The molecule has 0 saturated heterocycles. The molecule has 4 rings (SSSR count). The van der Waals surface area contributed by atoms with Crippen molar-refractivity contribution in [2.24, 2.45) is 7.05 Å². The van der Waals surface area contributed by atoms with Gasteiger partial charge in [-0.05, 0) is 12.5 Å². The average Bonchev–Trinajstić information content (AvgIpc) is 3.28. The van der Waals surface area contributed by atoms with Crippen LogP contribution in [0.15, 0.2) is 54.4 Å². The minimum Gasteiger partial charge on any atom is -0.383 e. The van der Waals surface area contributed by atoms with Crippen molar-refractivity contribution in [3.63, 3.8) is 0 Å². The molecule has 1 atom stereocenters. The molecule has 3 aromatic heterocycles. The van der Waals surface area contributed by atoms with Crippen LogP contribution >= 0.6 is 11.3 Å². The van der Waals surface area contributed by atoms with E-state index in [4.69, 9.17) is 0 Å². The van der Waals surface area contributed by atoms with Crippen molar-refractivity contribution in [1.29, 1.82) is 0 Å². The first kappa shape index (κ1) is 16.7. The maximum atomic E-state index is 10.8. The molecule has 0 radical (unpaired) electrons. The van der Waals surface area contributed by atoms with Crippen LogP contribution in [-0.4, -0.2) is 31.4 Å². The molecule has 3 heterocycles. The summed E-state index contributed by atoms with van der Waals surface area (Å²) in [6.07, 6.45) is 5.04. The first-order chi connectivity index (χ1) is 12.5. The van der Waals surface area contributed by atoms with Gasteiger partial charge >= 0.3 is 0 Å². The van der Waals surface area contributed by atoms with Crippen molar-refractivity contribution in [3.05, 3.63) is 60.0 Å². The third-order valence-electron chi connectivity index (χ3n) is 4.38. The lowest BCUT2D eigenvalue weighted by Gasteiger charge is -2.23. The topological polar surface area (TPSA) is 75.9 Å². The Hall–Kier alpha value is -2.77. The second-order valence-corrected chi connectivity index (χ2v) is 7.31. The second-order valence-electron chi connectivity index (χ2n) is 6.45. The highest BCUT2D eigenvalue weighted by Gasteiger charge is 2.25. The van der Waals surface area contributed by atoms with Crippen LogP contribution in [0.3, 0.4) is 0 Å². The van der Waals surface area contributed by atoms with E-state index in [2.05, 4.69) is 37.9 Å². The van der Waals surface area contributed by atoms with Gasteiger partial charge in [0.2, 0.25) is 0 Å². The fraction of sp³-hybridized carbons (Fsp3) is 0.211. The lowest BCUT2D eigenvalue weighted by Crippen LogP contribution is -2.30. The summed E-state index contributed by atoms with van der Waals surface area (Å²) in [6, 6.07) is 10.2. The number of aryl methyl sites for hydroxylation is 1. The summed E-state index contributed by atoms with van der Waals surface area (Å²) in [7, 11) is 1.83. The number of fused-ring (bicyclic) bond motifs is 1. The van der Waals surface area contributed by atoms with Crippen LogP contribution in [-0.2, 0) is 12.6 Å². The van der Waals surface area contributed by atoms with Gasteiger partial charge in [0.15, 0.2) is 0 Å². The van der Waals surface area contributed by atoms with Gasteiger partial charge in [-0.25, -0.2) is 9.97 Å². The molecule has 4 aromatic rings. The molecule has 0 spiro atoms. The second kappa shape index (κ2) is 6.51. The summed E-state index contributed by atoms with van der Waals surface area (Å²) in [5, 5.41) is 21.3. The van der Waals surface area contributed by atoms with E-state index in [9.17, 15) is 5.11 Å². The van der Waals surface area contributed by atoms with Crippen LogP contribution in [0.2, 0.25) is 0 Å². The van der Waals surface area contributed by atoms with Gasteiger partial charge in [-0.15, -0.1) is 11.3 Å². The number of nitrogens with zero attached hydrogens (tertiary/aromatic N) is 4. The molecule has 0 aliphatic carbocycles. The van der Waals surface area contributed by atoms with Gasteiger partial charge in [0.25, 0.3) is 0 Å². The summed E-state index contributed by atoms with van der Waals surface area (Å²) < 4.78 is 1.68. The molecule has 1 aromatic carbocycles. The van der Waals surface area contributed by atoms with Crippen LogP contribution in [0.1, 0.15) is 12.5 Å². The van der Waals surface area contributed by atoms with E-state index in [1.54, 1.807) is 35.5 Å². The fourth-order valence-corrected chi connectivity index (χ4v) is 3.81. The molecule has 1 unspecified atom stereocenters. The van der Waals surface area contributed by atoms with Crippen LogP contribution in [0, 0.1) is 0 Å². The monoisotopic (exact) mass is 365 g/mol. The highest BCUT2D eigenvalue weighted by Crippen LogP contribution is 2.36. The van der Waals surface area contributed by atoms with Gasteiger partial charge in [0, 0.05) is 36.3 Å². The lowest BCUT2D eigenvalue weighted by molar-refractivity contribution is 0.0714. The number of thiophene rings is 1. The molecule has 7 heteroatoms. The van der Waals surface area contributed by atoms with Crippen LogP contribution in [0.4, 0.5) is 5.82 Å². The first-order valence-electron chi connectivity index (χ1n) is 8.27. The number of rotatable bonds is 5. The first-order valence-corrected chi connectivity index (χ1v) is 9.15. The normalized spacial score (nSPS) is 13.7. The van der Waals surface area contributed by atoms with Gasteiger partial charge in [-0.2, -0.15) is 5.10 Å². The van der Waals surface area contributed by atoms with E-state index in [-0.39, 0.29) is 0 Å². The zero-order valence-electron chi connectivity index (χ0n) is 14.5. The minimum absolute atomic E-state index is 0.314. The Morgan fingerprint density at radius 1 is 1.23 bits per heavy atom. The molecule has 26 heavy (non-hydrogen) atoms. The lowest BCUT2D eigenvalue weighted by atomic mass is 9.99. The number of benzene rings is 1. The van der Waals surface area contributed by atoms with Crippen LogP contribution in [0.25, 0.3) is 21.3 Å². The zero-order chi connectivity index (χ0) is 18.1. The number of nitrogens with one attached hydrogen (secondary N) is 1. The number of hydrogen-bond acceptors (Lipinski definition) is 6. The SMILES string of the molecule is Cn1cc(C(C)(O)CNc2ncnc3scc(-c4ccccc4)c23)cn1. The third-order valence-corrected chi connectivity index (χ3v) is 5.27. The Labute approximate surface area is 155 Å². The standard InChI is InChI=1S/C19H19N5OS/c1-19(25,14-8-23-24(2)9-14)11-20-17-16-15(13-6-4-3-5-7-13)10-26-18(16)22-12-21-17/h3-10,12,25H,11H2,1-2H3,(H,20,21,22). The molecule has 0 aliphatic rings. The van der Waals surface area contributed by atoms with Crippen molar-refractivity contribution in [2.45, 2.75) is 12.5 Å². The van der Waals surface area contributed by atoms with Gasteiger partial charge in [0.05, 0.1) is 11.6 Å². The molecule has 132 valence electrons. The molecule has 2 N–H and O–H groups in total. The number of aliphatic hydroxyl groups is 1. The molecule has 0 aliphatic heterocycles. The fourth-order valence-electron chi connectivity index (χ4n) is 2.90. The van der Waals surface area contributed by atoms with Crippen LogP contribution < -0.4 is 5.32 Å². The van der Waals surface area contributed by atoms with Crippen molar-refractivity contribution in [1.82, 2.24) is 19.7 Å². The maximum absolute atomic E-state index is 10.8. The number of hydrogen-bond donors (Lipinski definition) is 2. The van der Waals surface area contributed by atoms with Crippen molar-refractivity contribution >= 4 is 27.4 Å². The van der Waals surface area contributed by atoms with Gasteiger partial charge in [-0.1, -0.05) is 30.3 Å². The largest absolute Gasteiger partial charge is 0.383 e. The Kier molecular flexibility index (Phi) is 4.18. The Morgan fingerprint density at radius 2 is 2.04 bits per heavy atom. The molecule has 6 nitrogen and oxygen atoms in total. The van der Waals surface area contributed by atoms with E-state index in [0.29, 0.717) is 6.54 Å². The number of anilines is 1. The van der Waals surface area contributed by atoms with Crippen molar-refractivity contribution in [2.75, 3.05) is 11.9 Å². The number of aromatic nitrogens is 4.